The van der Waals surface area contributed by atoms with E-state index in [0.29, 0.717) is 27.2 Å². The number of fused-ring (bicyclic) bond motifs is 1. The van der Waals surface area contributed by atoms with Gasteiger partial charge in [0.05, 0.1) is 10.2 Å². The summed E-state index contributed by atoms with van der Waals surface area (Å²) in [7, 11) is 0. The van der Waals surface area contributed by atoms with Crippen molar-refractivity contribution >= 4 is 48.6 Å². The first-order valence-electron chi connectivity index (χ1n) is 5.39. The van der Waals surface area contributed by atoms with Gasteiger partial charge in [-0.3, -0.25) is 0 Å². The molecule has 2 aromatic carbocycles. The fourth-order valence-corrected chi connectivity index (χ4v) is 2.91. The summed E-state index contributed by atoms with van der Waals surface area (Å²) in [6.45, 7) is 0. The first-order chi connectivity index (χ1) is 9.06. The number of nitrogens with two attached hydrogens (primary N) is 1. The fourth-order valence-electron chi connectivity index (χ4n) is 1.74. The third kappa shape index (κ3) is 2.11. The van der Waals surface area contributed by atoms with Gasteiger partial charge in [0.2, 0.25) is 5.89 Å². The third-order valence-corrected chi connectivity index (χ3v) is 4.19. The predicted octanol–water partition coefficient (Wildman–Crippen LogP) is 4.31. The second kappa shape index (κ2) is 4.54. The molecule has 96 valence electrons. The summed E-state index contributed by atoms with van der Waals surface area (Å²) in [4.78, 5) is 4.42. The Kier molecular flexibility index (Phi) is 2.99. The van der Waals surface area contributed by atoms with Crippen molar-refractivity contribution in [2.45, 2.75) is 0 Å². The van der Waals surface area contributed by atoms with Crippen LogP contribution >= 0.6 is 31.9 Å². The minimum Gasteiger partial charge on any atom is -0.508 e. The number of aromatic hydroxyl groups is 1. The van der Waals surface area contributed by atoms with Gasteiger partial charge in [0, 0.05) is 10.0 Å². The van der Waals surface area contributed by atoms with E-state index < -0.39 is 0 Å². The summed E-state index contributed by atoms with van der Waals surface area (Å²) in [5.41, 5.74) is 8.58. The van der Waals surface area contributed by atoms with Gasteiger partial charge in [0.1, 0.15) is 11.3 Å². The number of aromatic nitrogens is 1. The van der Waals surface area contributed by atoms with Crippen molar-refractivity contribution in [1.82, 2.24) is 4.98 Å². The van der Waals surface area contributed by atoms with Gasteiger partial charge in [-0.05, 0) is 62.2 Å². The zero-order chi connectivity index (χ0) is 13.6. The second-order valence-corrected chi connectivity index (χ2v) is 5.65. The van der Waals surface area contributed by atoms with Crippen molar-refractivity contribution < 1.29 is 9.52 Å². The lowest BCUT2D eigenvalue weighted by atomic mass is 10.2. The molecule has 4 nitrogen and oxygen atoms in total. The number of anilines is 1. The van der Waals surface area contributed by atoms with Crippen LogP contribution in [-0.4, -0.2) is 10.1 Å². The Morgan fingerprint density at radius 1 is 1.16 bits per heavy atom. The van der Waals surface area contributed by atoms with Crippen LogP contribution in [0.15, 0.2) is 43.7 Å². The lowest BCUT2D eigenvalue weighted by molar-refractivity contribution is 0.475. The third-order valence-electron chi connectivity index (χ3n) is 2.73. The highest BCUT2D eigenvalue weighted by atomic mass is 79.9. The summed E-state index contributed by atoms with van der Waals surface area (Å²) in [6.07, 6.45) is 0. The summed E-state index contributed by atoms with van der Waals surface area (Å²) >= 11 is 6.78. The molecule has 6 heteroatoms. The average Bonchev–Trinajstić information content (AvgIpc) is 2.81. The topological polar surface area (TPSA) is 72.3 Å². The van der Waals surface area contributed by atoms with E-state index in [2.05, 4.69) is 36.8 Å². The van der Waals surface area contributed by atoms with Crippen LogP contribution in [0.25, 0.3) is 22.6 Å². The van der Waals surface area contributed by atoms with Crippen molar-refractivity contribution in [3.05, 3.63) is 39.3 Å². The smallest absolute Gasteiger partial charge is 0.227 e. The van der Waals surface area contributed by atoms with Gasteiger partial charge >= 0.3 is 0 Å². The molecule has 0 saturated heterocycles. The van der Waals surface area contributed by atoms with Crippen molar-refractivity contribution in [3.63, 3.8) is 0 Å². The Labute approximate surface area is 125 Å². The Hall–Kier alpha value is -1.53. The Morgan fingerprint density at radius 2 is 1.84 bits per heavy atom. The standard InChI is InChI=1S/C13H8Br2N2O2/c14-8-5-9-12(10(15)11(8)16)17-13(19-9)6-1-3-7(18)4-2-6/h1-5,18H,16H2. The van der Waals surface area contributed by atoms with Crippen LogP contribution in [0.2, 0.25) is 0 Å². The SMILES string of the molecule is Nc1c(Br)cc2oc(-c3ccc(O)cc3)nc2c1Br. The number of hydrogen-bond donors (Lipinski definition) is 2. The normalized spacial score (nSPS) is 11.1. The van der Waals surface area contributed by atoms with E-state index in [9.17, 15) is 5.11 Å². The molecule has 0 aliphatic carbocycles. The first kappa shape index (κ1) is 12.5. The Bertz CT molecular complexity index is 766. The van der Waals surface area contributed by atoms with E-state index in [4.69, 9.17) is 10.2 Å². The van der Waals surface area contributed by atoms with Crippen LogP contribution < -0.4 is 5.73 Å². The highest BCUT2D eigenvalue weighted by Gasteiger charge is 2.14. The molecule has 0 aliphatic heterocycles. The molecule has 0 fully saturated rings. The molecule has 3 rings (SSSR count). The number of rotatable bonds is 1. The molecule has 0 amide bonds. The highest BCUT2D eigenvalue weighted by Crippen LogP contribution is 2.37. The number of oxazole rings is 1. The minimum absolute atomic E-state index is 0.202. The zero-order valence-corrected chi connectivity index (χ0v) is 12.7. The average molecular weight is 384 g/mol. The van der Waals surface area contributed by atoms with Gasteiger partial charge in [-0.15, -0.1) is 0 Å². The van der Waals surface area contributed by atoms with E-state index in [1.807, 2.05) is 0 Å². The first-order valence-corrected chi connectivity index (χ1v) is 6.98. The minimum atomic E-state index is 0.202. The van der Waals surface area contributed by atoms with E-state index in [1.165, 1.54) is 0 Å². The number of nitrogen functional groups attached to an aromatic ring is 1. The monoisotopic (exact) mass is 382 g/mol. The maximum atomic E-state index is 9.28. The molecule has 19 heavy (non-hydrogen) atoms. The Morgan fingerprint density at radius 3 is 2.53 bits per heavy atom. The van der Waals surface area contributed by atoms with E-state index in [0.717, 1.165) is 10.0 Å². The molecule has 0 spiro atoms. The van der Waals surface area contributed by atoms with Crippen LogP contribution in [0.3, 0.4) is 0 Å². The molecule has 0 aliphatic rings. The second-order valence-electron chi connectivity index (χ2n) is 4.00. The maximum Gasteiger partial charge on any atom is 0.227 e. The lowest BCUT2D eigenvalue weighted by Crippen LogP contribution is -1.88. The number of benzene rings is 2. The van der Waals surface area contributed by atoms with Crippen LogP contribution in [0.5, 0.6) is 5.75 Å². The fraction of sp³-hybridized carbons (Fsp3) is 0. The van der Waals surface area contributed by atoms with Gasteiger partial charge in [-0.1, -0.05) is 0 Å². The van der Waals surface area contributed by atoms with Crippen LogP contribution in [0, 0.1) is 0 Å². The summed E-state index contributed by atoms with van der Waals surface area (Å²) in [5, 5.41) is 9.28. The highest BCUT2D eigenvalue weighted by molar-refractivity contribution is 9.11. The molecule has 1 heterocycles. The predicted molar refractivity (Wildman–Crippen MR) is 80.9 cm³/mol. The van der Waals surface area contributed by atoms with Crippen LogP contribution in [0.1, 0.15) is 0 Å². The molecule has 0 saturated carbocycles. The number of phenolic OH excluding ortho intramolecular Hbond substituents is 1. The van der Waals surface area contributed by atoms with Crippen molar-refractivity contribution in [2.24, 2.45) is 0 Å². The number of nitrogens with zero attached hydrogens (tertiary/aromatic N) is 1. The number of phenols is 1. The molecule has 0 atom stereocenters. The van der Waals surface area contributed by atoms with E-state index in [1.54, 1.807) is 30.3 Å². The summed E-state index contributed by atoms with van der Waals surface area (Å²) < 4.78 is 7.15. The molecule has 1 aromatic heterocycles. The van der Waals surface area contributed by atoms with Gasteiger partial charge in [0.25, 0.3) is 0 Å². The lowest BCUT2D eigenvalue weighted by Gasteiger charge is -1.99. The quantitative estimate of drug-likeness (QED) is 0.614. The van der Waals surface area contributed by atoms with Crippen LogP contribution in [0.4, 0.5) is 5.69 Å². The van der Waals surface area contributed by atoms with Gasteiger partial charge < -0.3 is 15.3 Å². The largest absolute Gasteiger partial charge is 0.508 e. The molecular formula is C13H8Br2N2O2. The van der Waals surface area contributed by atoms with E-state index in [-0.39, 0.29) is 5.75 Å². The number of halogens is 2. The van der Waals surface area contributed by atoms with Gasteiger partial charge in [-0.2, -0.15) is 0 Å². The van der Waals surface area contributed by atoms with Crippen molar-refractivity contribution in [2.75, 3.05) is 5.73 Å². The van der Waals surface area contributed by atoms with E-state index >= 15 is 0 Å². The zero-order valence-electron chi connectivity index (χ0n) is 9.52. The van der Waals surface area contributed by atoms with Crippen molar-refractivity contribution in [3.8, 4) is 17.2 Å². The molecule has 0 unspecified atom stereocenters. The summed E-state index contributed by atoms with van der Waals surface area (Å²) in [6, 6.07) is 8.44. The molecular weight excluding hydrogens is 376 g/mol. The molecule has 0 radical (unpaired) electrons. The molecule has 0 bridgehead atoms. The van der Waals surface area contributed by atoms with Gasteiger partial charge in [0.15, 0.2) is 5.58 Å². The molecule has 3 N–H and O–H groups in total. The summed E-state index contributed by atoms with van der Waals surface area (Å²) in [5.74, 6) is 0.682. The van der Waals surface area contributed by atoms with Crippen molar-refractivity contribution in [1.29, 1.82) is 0 Å². The van der Waals surface area contributed by atoms with Crippen LogP contribution in [-0.2, 0) is 0 Å². The Balaban J connectivity index is 2.22. The molecule has 3 aromatic rings. The van der Waals surface area contributed by atoms with Gasteiger partial charge in [-0.25, -0.2) is 4.98 Å². The maximum absolute atomic E-state index is 9.28. The number of hydrogen-bond acceptors (Lipinski definition) is 4.